The average molecular weight is 476 g/mol. The zero-order valence-corrected chi connectivity index (χ0v) is 18.4. The lowest BCUT2D eigenvalue weighted by atomic mass is 10.1. The zero-order chi connectivity index (χ0) is 17.3. The Morgan fingerprint density at radius 3 is 2.46 bits per heavy atom. The van der Waals surface area contributed by atoms with E-state index in [4.69, 9.17) is 4.74 Å². The molecule has 0 heterocycles. The molecule has 7 nitrogen and oxygen atoms in total. The molecule has 1 rings (SSSR count). The monoisotopic (exact) mass is 476 g/mol. The minimum atomic E-state index is -2.93. The second-order valence-corrected chi connectivity index (χ2v) is 8.71. The smallest absolute Gasteiger partial charge is 0.191 e. The Labute approximate surface area is 163 Å². The molecule has 0 aromatic carbocycles. The molecule has 0 radical (unpaired) electrons. The standard InChI is InChI=1S/C15H32N4O3S.HI/c1-16-14(17-8-10-19(2)9-5-11-22-3)18-12-15(6-7-15)13-23(4,20)21;/h5-13H2,1-4H3,(H2,16,17,18);1H. The van der Waals surface area contributed by atoms with Gasteiger partial charge >= 0.3 is 0 Å². The minimum Gasteiger partial charge on any atom is -0.385 e. The summed E-state index contributed by atoms with van der Waals surface area (Å²) in [6, 6.07) is 0. The molecule has 9 heteroatoms. The molecule has 0 saturated heterocycles. The van der Waals surface area contributed by atoms with Crippen LogP contribution < -0.4 is 10.6 Å². The summed E-state index contributed by atoms with van der Waals surface area (Å²) in [6.07, 6.45) is 4.26. The van der Waals surface area contributed by atoms with Gasteiger partial charge in [0.05, 0.1) is 5.75 Å². The quantitative estimate of drug-likeness (QED) is 0.196. The van der Waals surface area contributed by atoms with Crippen LogP contribution in [0, 0.1) is 5.41 Å². The maximum Gasteiger partial charge on any atom is 0.191 e. The third-order valence-corrected chi connectivity index (χ3v) is 5.19. The van der Waals surface area contributed by atoms with Crippen molar-refractivity contribution in [2.24, 2.45) is 10.4 Å². The molecular weight excluding hydrogens is 443 g/mol. The highest BCUT2D eigenvalue weighted by Gasteiger charge is 2.45. The number of likely N-dealkylation sites (N-methyl/N-ethyl adjacent to an activating group) is 1. The predicted octanol–water partition coefficient (Wildman–Crippen LogP) is 0.563. The van der Waals surface area contributed by atoms with E-state index in [0.717, 1.165) is 51.5 Å². The normalized spacial score (nSPS) is 16.6. The lowest BCUT2D eigenvalue weighted by Crippen LogP contribution is -2.44. The molecule has 24 heavy (non-hydrogen) atoms. The van der Waals surface area contributed by atoms with Crippen molar-refractivity contribution in [1.29, 1.82) is 0 Å². The topological polar surface area (TPSA) is 83.0 Å². The Kier molecular flexibility index (Phi) is 11.4. The van der Waals surface area contributed by atoms with Crippen LogP contribution >= 0.6 is 24.0 Å². The third kappa shape index (κ3) is 10.7. The van der Waals surface area contributed by atoms with E-state index in [1.54, 1.807) is 14.2 Å². The van der Waals surface area contributed by atoms with Gasteiger partial charge in [-0.25, -0.2) is 8.42 Å². The highest BCUT2D eigenvalue weighted by molar-refractivity contribution is 14.0. The van der Waals surface area contributed by atoms with E-state index < -0.39 is 9.84 Å². The maximum absolute atomic E-state index is 11.5. The summed E-state index contributed by atoms with van der Waals surface area (Å²) in [4.78, 5) is 6.44. The van der Waals surface area contributed by atoms with Crippen LogP contribution in [0.25, 0.3) is 0 Å². The summed E-state index contributed by atoms with van der Waals surface area (Å²) in [5.74, 6) is 0.988. The van der Waals surface area contributed by atoms with Gasteiger partial charge < -0.3 is 20.3 Å². The highest BCUT2D eigenvalue weighted by Crippen LogP contribution is 2.45. The molecule has 1 saturated carbocycles. The van der Waals surface area contributed by atoms with E-state index in [0.29, 0.717) is 6.54 Å². The fraction of sp³-hybridized carbons (Fsp3) is 0.933. The molecule has 1 aliphatic carbocycles. The summed E-state index contributed by atoms with van der Waals surface area (Å²) in [7, 11) is 2.60. The van der Waals surface area contributed by atoms with Crippen molar-refractivity contribution in [2.75, 3.05) is 66.0 Å². The SMILES string of the molecule is CN=C(NCCN(C)CCCOC)NCC1(CS(C)(=O)=O)CC1.I. The highest BCUT2D eigenvalue weighted by atomic mass is 127. The number of hydrogen-bond acceptors (Lipinski definition) is 5. The third-order valence-electron chi connectivity index (χ3n) is 4.05. The number of hydrogen-bond donors (Lipinski definition) is 2. The van der Waals surface area contributed by atoms with Gasteiger partial charge in [-0.1, -0.05) is 0 Å². The second kappa shape index (κ2) is 11.5. The van der Waals surface area contributed by atoms with Crippen LogP contribution in [0.15, 0.2) is 4.99 Å². The number of aliphatic imine (C=N–C) groups is 1. The summed E-state index contributed by atoms with van der Waals surface area (Å²) in [5.41, 5.74) is -0.0951. The van der Waals surface area contributed by atoms with E-state index in [2.05, 4.69) is 27.6 Å². The van der Waals surface area contributed by atoms with Crippen LogP contribution in [-0.2, 0) is 14.6 Å². The van der Waals surface area contributed by atoms with Crippen LogP contribution in [0.2, 0.25) is 0 Å². The van der Waals surface area contributed by atoms with Gasteiger partial charge in [0.1, 0.15) is 9.84 Å². The fourth-order valence-corrected chi connectivity index (χ4v) is 4.06. The number of halogens is 1. The number of sulfone groups is 1. The predicted molar refractivity (Wildman–Crippen MR) is 110 cm³/mol. The molecule has 0 aliphatic heterocycles. The van der Waals surface area contributed by atoms with Crippen molar-refractivity contribution in [3.63, 3.8) is 0 Å². The molecule has 0 amide bonds. The van der Waals surface area contributed by atoms with Crippen LogP contribution in [0.1, 0.15) is 19.3 Å². The molecule has 0 aromatic heterocycles. The first-order valence-electron chi connectivity index (χ1n) is 8.10. The molecule has 0 unspecified atom stereocenters. The number of methoxy groups -OCH3 is 1. The molecular formula is C15H33IN4O3S. The summed E-state index contributed by atoms with van der Waals surface area (Å²) < 4.78 is 28.0. The van der Waals surface area contributed by atoms with Gasteiger partial charge in [-0.15, -0.1) is 24.0 Å². The number of guanidine groups is 1. The zero-order valence-electron chi connectivity index (χ0n) is 15.3. The molecule has 2 N–H and O–H groups in total. The van der Waals surface area contributed by atoms with Crippen LogP contribution in [0.3, 0.4) is 0 Å². The van der Waals surface area contributed by atoms with Crippen LogP contribution in [0.4, 0.5) is 0 Å². The van der Waals surface area contributed by atoms with Crippen molar-refractivity contribution in [3.8, 4) is 0 Å². The van der Waals surface area contributed by atoms with Crippen molar-refractivity contribution in [1.82, 2.24) is 15.5 Å². The molecule has 0 aromatic rings. The first-order chi connectivity index (χ1) is 10.8. The van der Waals surface area contributed by atoms with E-state index in [9.17, 15) is 8.42 Å². The molecule has 144 valence electrons. The number of nitrogens with one attached hydrogen (secondary N) is 2. The fourth-order valence-electron chi connectivity index (χ4n) is 2.55. The van der Waals surface area contributed by atoms with Crippen molar-refractivity contribution in [3.05, 3.63) is 0 Å². The largest absolute Gasteiger partial charge is 0.385 e. The Bertz CT molecular complexity index is 481. The van der Waals surface area contributed by atoms with Gasteiger partial charge in [-0.2, -0.15) is 0 Å². The van der Waals surface area contributed by atoms with Crippen LogP contribution in [0.5, 0.6) is 0 Å². The average Bonchev–Trinajstić information content (AvgIpc) is 3.20. The Morgan fingerprint density at radius 1 is 1.29 bits per heavy atom. The van der Waals surface area contributed by atoms with E-state index >= 15 is 0 Å². The van der Waals surface area contributed by atoms with Gasteiger partial charge in [-0.05, 0) is 26.3 Å². The van der Waals surface area contributed by atoms with Gasteiger partial charge in [0.25, 0.3) is 0 Å². The van der Waals surface area contributed by atoms with Crippen molar-refractivity contribution >= 4 is 39.8 Å². The molecule has 1 fully saturated rings. The molecule has 0 bridgehead atoms. The lowest BCUT2D eigenvalue weighted by Gasteiger charge is -2.20. The van der Waals surface area contributed by atoms with Gasteiger partial charge in [0.2, 0.25) is 0 Å². The first-order valence-corrected chi connectivity index (χ1v) is 10.2. The van der Waals surface area contributed by atoms with Crippen molar-refractivity contribution in [2.45, 2.75) is 19.3 Å². The van der Waals surface area contributed by atoms with E-state index in [-0.39, 0.29) is 35.1 Å². The van der Waals surface area contributed by atoms with Gasteiger partial charge in [0.15, 0.2) is 5.96 Å². The minimum absolute atomic E-state index is 0. The molecule has 0 atom stereocenters. The van der Waals surface area contributed by atoms with Gasteiger partial charge in [-0.3, -0.25) is 4.99 Å². The Morgan fingerprint density at radius 2 is 1.96 bits per heavy atom. The number of rotatable bonds is 11. The first kappa shape index (κ1) is 23.9. The van der Waals surface area contributed by atoms with E-state index in [1.807, 2.05) is 0 Å². The van der Waals surface area contributed by atoms with Crippen molar-refractivity contribution < 1.29 is 13.2 Å². The van der Waals surface area contributed by atoms with Gasteiger partial charge in [0, 0.05) is 58.6 Å². The summed E-state index contributed by atoms with van der Waals surface area (Å²) >= 11 is 0. The van der Waals surface area contributed by atoms with E-state index in [1.165, 1.54) is 6.26 Å². The number of ether oxygens (including phenoxy) is 1. The number of nitrogens with zero attached hydrogens (tertiary/aromatic N) is 2. The van der Waals surface area contributed by atoms with Crippen LogP contribution in [-0.4, -0.2) is 85.3 Å². The summed E-state index contributed by atoms with van der Waals surface area (Å²) in [6.45, 7) is 4.15. The molecule has 1 aliphatic rings. The Balaban J connectivity index is 0.00000529. The second-order valence-electron chi connectivity index (χ2n) is 6.57. The maximum atomic E-state index is 11.5. The molecule has 0 spiro atoms. The lowest BCUT2D eigenvalue weighted by molar-refractivity contribution is 0.180. The summed E-state index contributed by atoms with van der Waals surface area (Å²) in [5, 5.41) is 6.53. The Hall–Kier alpha value is -0.130.